The van der Waals surface area contributed by atoms with Crippen LogP contribution in [0.1, 0.15) is 26.7 Å². The van der Waals surface area contributed by atoms with Crippen molar-refractivity contribution < 1.29 is 14.3 Å². The van der Waals surface area contributed by atoms with Gasteiger partial charge >= 0.3 is 5.97 Å². The molecule has 0 bridgehead atoms. The van der Waals surface area contributed by atoms with Gasteiger partial charge in [0.2, 0.25) is 0 Å². The van der Waals surface area contributed by atoms with Crippen LogP contribution in [0.15, 0.2) is 0 Å². The number of carbonyl (C=O) groups is 1. The first-order valence-corrected chi connectivity index (χ1v) is 3.89. The first-order valence-electron chi connectivity index (χ1n) is 3.89. The van der Waals surface area contributed by atoms with Crippen molar-refractivity contribution in [1.82, 2.24) is 0 Å². The molecule has 0 fully saturated rings. The van der Waals surface area contributed by atoms with Crippen LogP contribution in [0.3, 0.4) is 0 Å². The molecular formula is C8H16O3. The van der Waals surface area contributed by atoms with E-state index in [0.29, 0.717) is 13.0 Å². The zero-order valence-electron chi connectivity index (χ0n) is 7.42. The van der Waals surface area contributed by atoms with Gasteiger partial charge < -0.3 is 9.47 Å². The van der Waals surface area contributed by atoms with Crippen molar-refractivity contribution >= 4 is 5.97 Å². The van der Waals surface area contributed by atoms with E-state index in [-0.39, 0.29) is 12.1 Å². The molecule has 3 nitrogen and oxygen atoms in total. The number of ether oxygens (including phenoxy) is 2. The molecule has 0 aromatic rings. The Balaban J connectivity index is 3.20. The van der Waals surface area contributed by atoms with Gasteiger partial charge in [-0.2, -0.15) is 0 Å². The number of hydrogen-bond donors (Lipinski definition) is 0. The lowest BCUT2D eigenvalue weighted by Crippen LogP contribution is -2.11. The molecule has 0 aliphatic heterocycles. The lowest BCUT2D eigenvalue weighted by Gasteiger charge is -2.08. The maximum absolute atomic E-state index is 10.6. The lowest BCUT2D eigenvalue weighted by atomic mass is 10.3. The van der Waals surface area contributed by atoms with Crippen LogP contribution >= 0.6 is 0 Å². The molecule has 0 saturated carbocycles. The highest BCUT2D eigenvalue weighted by atomic mass is 16.5. The Morgan fingerprint density at radius 1 is 1.55 bits per heavy atom. The van der Waals surface area contributed by atoms with Gasteiger partial charge in [-0.05, 0) is 6.92 Å². The number of carbonyl (C=O) groups excluding carboxylic acids is 1. The molecule has 0 aromatic heterocycles. The summed E-state index contributed by atoms with van der Waals surface area (Å²) in [6.07, 6.45) is 1.38. The summed E-state index contributed by atoms with van der Waals surface area (Å²) in [6.45, 7) is 4.18. The van der Waals surface area contributed by atoms with Gasteiger partial charge in [-0.15, -0.1) is 0 Å². The molecule has 0 spiro atoms. The summed E-state index contributed by atoms with van der Waals surface area (Å²) in [5.41, 5.74) is 0. The van der Waals surface area contributed by atoms with E-state index in [4.69, 9.17) is 9.47 Å². The van der Waals surface area contributed by atoms with E-state index in [2.05, 4.69) is 0 Å². The quantitative estimate of drug-likeness (QED) is 0.570. The third kappa shape index (κ3) is 5.85. The normalized spacial score (nSPS) is 12.6. The predicted octanol–water partition coefficient (Wildman–Crippen LogP) is 1.36. The largest absolute Gasteiger partial charge is 0.466 e. The Hall–Kier alpha value is -0.570. The Morgan fingerprint density at radius 3 is 2.64 bits per heavy atom. The standard InChI is InChI=1S/C8H16O3/c1-4-8(9)11-6-5-7(2)10-3/h7H,4-6H2,1-3H3/t7-/m1/s1. The SMILES string of the molecule is CCC(=O)OCC[C@@H](C)OC. The van der Waals surface area contributed by atoms with Gasteiger partial charge in [0.05, 0.1) is 12.7 Å². The van der Waals surface area contributed by atoms with Gasteiger partial charge in [-0.3, -0.25) is 4.79 Å². The van der Waals surface area contributed by atoms with Crippen LogP contribution in [0, 0.1) is 0 Å². The van der Waals surface area contributed by atoms with Gasteiger partial charge in [0.15, 0.2) is 0 Å². The van der Waals surface area contributed by atoms with Crippen LogP contribution in [0.2, 0.25) is 0 Å². The Bertz CT molecular complexity index is 112. The third-order valence-corrected chi connectivity index (χ3v) is 1.48. The molecule has 0 N–H and O–H groups in total. The average Bonchev–Trinajstić information content (AvgIpc) is 2.04. The Labute approximate surface area is 67.7 Å². The van der Waals surface area contributed by atoms with Crippen molar-refractivity contribution in [1.29, 1.82) is 0 Å². The zero-order valence-corrected chi connectivity index (χ0v) is 7.42. The van der Waals surface area contributed by atoms with Crippen molar-refractivity contribution in [3.63, 3.8) is 0 Å². The van der Waals surface area contributed by atoms with Crippen LogP contribution in [0.4, 0.5) is 0 Å². The summed E-state index contributed by atoms with van der Waals surface area (Å²) in [7, 11) is 1.65. The third-order valence-electron chi connectivity index (χ3n) is 1.48. The molecule has 66 valence electrons. The molecule has 0 rings (SSSR count). The van der Waals surface area contributed by atoms with Crippen molar-refractivity contribution in [2.75, 3.05) is 13.7 Å². The number of hydrogen-bond acceptors (Lipinski definition) is 3. The smallest absolute Gasteiger partial charge is 0.305 e. The lowest BCUT2D eigenvalue weighted by molar-refractivity contribution is -0.143. The highest BCUT2D eigenvalue weighted by molar-refractivity contribution is 5.68. The van der Waals surface area contributed by atoms with Gasteiger partial charge in [0.1, 0.15) is 0 Å². The Morgan fingerprint density at radius 2 is 2.18 bits per heavy atom. The summed E-state index contributed by atoms with van der Waals surface area (Å²) in [5.74, 6) is -0.145. The zero-order chi connectivity index (χ0) is 8.69. The fraction of sp³-hybridized carbons (Fsp3) is 0.875. The van der Waals surface area contributed by atoms with Gasteiger partial charge in [-0.25, -0.2) is 0 Å². The van der Waals surface area contributed by atoms with E-state index in [1.165, 1.54) is 0 Å². The molecule has 0 saturated heterocycles. The first-order chi connectivity index (χ1) is 5.20. The molecule has 0 aliphatic rings. The van der Waals surface area contributed by atoms with Crippen molar-refractivity contribution in [3.05, 3.63) is 0 Å². The van der Waals surface area contributed by atoms with Crippen LogP contribution in [0.5, 0.6) is 0 Å². The molecule has 3 heteroatoms. The highest BCUT2D eigenvalue weighted by Gasteiger charge is 2.01. The minimum atomic E-state index is -0.145. The minimum absolute atomic E-state index is 0.145. The Kier molecular flexibility index (Phi) is 5.84. The van der Waals surface area contributed by atoms with Crippen LogP contribution in [-0.2, 0) is 14.3 Å². The maximum Gasteiger partial charge on any atom is 0.305 e. The maximum atomic E-state index is 10.6. The summed E-state index contributed by atoms with van der Waals surface area (Å²) in [5, 5.41) is 0. The van der Waals surface area contributed by atoms with Crippen LogP contribution in [0.25, 0.3) is 0 Å². The number of rotatable bonds is 5. The van der Waals surface area contributed by atoms with E-state index >= 15 is 0 Å². The van der Waals surface area contributed by atoms with E-state index in [0.717, 1.165) is 6.42 Å². The van der Waals surface area contributed by atoms with Crippen molar-refractivity contribution in [2.24, 2.45) is 0 Å². The molecule has 0 aromatic carbocycles. The monoisotopic (exact) mass is 160 g/mol. The van der Waals surface area contributed by atoms with Crippen LogP contribution in [-0.4, -0.2) is 25.8 Å². The molecular weight excluding hydrogens is 144 g/mol. The minimum Gasteiger partial charge on any atom is -0.466 e. The molecule has 0 unspecified atom stereocenters. The second kappa shape index (κ2) is 6.16. The molecule has 0 amide bonds. The van der Waals surface area contributed by atoms with E-state index in [1.54, 1.807) is 14.0 Å². The topological polar surface area (TPSA) is 35.5 Å². The van der Waals surface area contributed by atoms with Gasteiger partial charge in [-0.1, -0.05) is 6.92 Å². The summed E-state index contributed by atoms with van der Waals surface area (Å²) in [4.78, 5) is 10.6. The van der Waals surface area contributed by atoms with Gasteiger partial charge in [0, 0.05) is 20.0 Å². The number of methoxy groups -OCH3 is 1. The van der Waals surface area contributed by atoms with Crippen molar-refractivity contribution in [3.8, 4) is 0 Å². The summed E-state index contributed by atoms with van der Waals surface area (Å²) < 4.78 is 9.82. The molecule has 11 heavy (non-hydrogen) atoms. The fourth-order valence-electron chi connectivity index (χ4n) is 0.559. The second-order valence-electron chi connectivity index (χ2n) is 2.41. The van der Waals surface area contributed by atoms with Gasteiger partial charge in [0.25, 0.3) is 0 Å². The van der Waals surface area contributed by atoms with Crippen molar-refractivity contribution in [2.45, 2.75) is 32.8 Å². The first kappa shape index (κ1) is 10.4. The van der Waals surface area contributed by atoms with Crippen LogP contribution < -0.4 is 0 Å². The summed E-state index contributed by atoms with van der Waals surface area (Å²) >= 11 is 0. The van der Waals surface area contributed by atoms with E-state index < -0.39 is 0 Å². The molecule has 0 radical (unpaired) electrons. The molecule has 0 heterocycles. The molecule has 0 aliphatic carbocycles. The van der Waals surface area contributed by atoms with E-state index in [1.807, 2.05) is 6.92 Å². The predicted molar refractivity (Wildman–Crippen MR) is 42.3 cm³/mol. The highest BCUT2D eigenvalue weighted by Crippen LogP contribution is 1.96. The average molecular weight is 160 g/mol. The van der Waals surface area contributed by atoms with E-state index in [9.17, 15) is 4.79 Å². The summed E-state index contributed by atoms with van der Waals surface area (Å²) in [6, 6.07) is 0. The number of esters is 1. The fourth-order valence-corrected chi connectivity index (χ4v) is 0.559. The second-order valence-corrected chi connectivity index (χ2v) is 2.41. The molecule has 1 atom stereocenters.